The SMILES string of the molecule is COc1cncc(C(=O)Oc2cccc3[nH]cc(CC[NH+](C)C)c23)c1. The summed E-state index contributed by atoms with van der Waals surface area (Å²) >= 11 is 0. The van der Waals surface area contributed by atoms with E-state index in [2.05, 4.69) is 24.1 Å². The summed E-state index contributed by atoms with van der Waals surface area (Å²) in [6, 6.07) is 7.27. The Balaban J connectivity index is 1.89. The molecule has 6 heteroatoms. The number of aromatic amines is 1. The van der Waals surface area contributed by atoms with Gasteiger partial charge in [-0.3, -0.25) is 4.98 Å². The van der Waals surface area contributed by atoms with Crippen LogP contribution in [0.2, 0.25) is 0 Å². The number of nitrogens with zero attached hydrogens (tertiary/aromatic N) is 1. The summed E-state index contributed by atoms with van der Waals surface area (Å²) in [5, 5.41) is 0.952. The number of ether oxygens (including phenoxy) is 2. The highest BCUT2D eigenvalue weighted by molar-refractivity contribution is 5.96. The van der Waals surface area contributed by atoms with Crippen molar-refractivity contribution in [2.24, 2.45) is 0 Å². The lowest BCUT2D eigenvalue weighted by Crippen LogP contribution is -3.05. The number of hydrogen-bond donors (Lipinski definition) is 2. The van der Waals surface area contributed by atoms with Crippen molar-refractivity contribution in [3.63, 3.8) is 0 Å². The highest BCUT2D eigenvalue weighted by Gasteiger charge is 2.15. The third-order valence-electron chi connectivity index (χ3n) is 4.03. The van der Waals surface area contributed by atoms with Crippen LogP contribution in [0.25, 0.3) is 10.9 Å². The van der Waals surface area contributed by atoms with Gasteiger partial charge in [-0.15, -0.1) is 0 Å². The lowest BCUT2D eigenvalue weighted by molar-refractivity contribution is -0.858. The van der Waals surface area contributed by atoms with E-state index in [1.54, 1.807) is 12.3 Å². The molecule has 0 radical (unpaired) electrons. The zero-order valence-corrected chi connectivity index (χ0v) is 14.6. The Bertz CT molecular complexity index is 887. The van der Waals surface area contributed by atoms with Crippen LogP contribution in [0.3, 0.4) is 0 Å². The Hall–Kier alpha value is -2.86. The fourth-order valence-electron chi connectivity index (χ4n) is 2.69. The van der Waals surface area contributed by atoms with Gasteiger partial charge in [-0.2, -0.15) is 0 Å². The van der Waals surface area contributed by atoms with Crippen molar-refractivity contribution in [3.05, 3.63) is 54.0 Å². The molecule has 0 spiro atoms. The maximum absolute atomic E-state index is 12.5. The van der Waals surface area contributed by atoms with Crippen molar-refractivity contribution in [1.82, 2.24) is 9.97 Å². The molecule has 3 aromatic rings. The largest absolute Gasteiger partial charge is 0.495 e. The minimum Gasteiger partial charge on any atom is -0.495 e. The quantitative estimate of drug-likeness (QED) is 0.527. The number of likely N-dealkylation sites (N-methyl/N-ethyl adjacent to an activating group) is 1. The van der Waals surface area contributed by atoms with E-state index in [1.165, 1.54) is 18.2 Å². The van der Waals surface area contributed by atoms with E-state index in [9.17, 15) is 4.79 Å². The lowest BCUT2D eigenvalue weighted by atomic mass is 10.1. The van der Waals surface area contributed by atoms with Gasteiger partial charge in [0.05, 0.1) is 39.5 Å². The van der Waals surface area contributed by atoms with Crippen molar-refractivity contribution in [2.75, 3.05) is 27.7 Å². The molecule has 0 amide bonds. The molecule has 0 aliphatic rings. The minimum absolute atomic E-state index is 0.353. The number of H-pyrrole nitrogens is 1. The van der Waals surface area contributed by atoms with Crippen LogP contribution in [0, 0.1) is 0 Å². The van der Waals surface area contributed by atoms with E-state index < -0.39 is 5.97 Å². The van der Waals surface area contributed by atoms with Crippen LogP contribution in [0.15, 0.2) is 42.9 Å². The molecule has 0 aliphatic carbocycles. The third-order valence-corrected chi connectivity index (χ3v) is 4.03. The summed E-state index contributed by atoms with van der Waals surface area (Å²) in [6.45, 7) is 0.995. The fraction of sp³-hybridized carbons (Fsp3) is 0.263. The number of nitrogens with one attached hydrogen (secondary N) is 2. The van der Waals surface area contributed by atoms with E-state index in [-0.39, 0.29) is 0 Å². The molecule has 0 unspecified atom stereocenters. The van der Waals surface area contributed by atoms with Crippen LogP contribution in [0.5, 0.6) is 11.5 Å². The van der Waals surface area contributed by atoms with Gasteiger partial charge < -0.3 is 19.4 Å². The summed E-state index contributed by atoms with van der Waals surface area (Å²) in [5.41, 5.74) is 2.45. The zero-order valence-electron chi connectivity index (χ0n) is 14.6. The molecular formula is C19H22N3O3+. The normalized spacial score (nSPS) is 11.0. The number of quaternary nitrogens is 1. The molecule has 3 rings (SSSR count). The average molecular weight is 340 g/mol. The van der Waals surface area contributed by atoms with E-state index in [0.29, 0.717) is 17.1 Å². The summed E-state index contributed by atoms with van der Waals surface area (Å²) in [7, 11) is 5.77. The summed E-state index contributed by atoms with van der Waals surface area (Å²) in [5.74, 6) is 0.614. The second-order valence-corrected chi connectivity index (χ2v) is 6.20. The second kappa shape index (κ2) is 7.36. The first-order chi connectivity index (χ1) is 12.1. The number of rotatable bonds is 6. The molecule has 0 fully saturated rings. The average Bonchev–Trinajstić information content (AvgIpc) is 3.04. The molecule has 1 aromatic carbocycles. The summed E-state index contributed by atoms with van der Waals surface area (Å²) in [4.78, 5) is 21.1. The molecule has 130 valence electrons. The number of methoxy groups -OCH3 is 1. The molecule has 0 bridgehead atoms. The number of aromatic nitrogens is 2. The van der Waals surface area contributed by atoms with E-state index in [0.717, 1.165) is 29.4 Å². The van der Waals surface area contributed by atoms with Gasteiger partial charge in [-0.1, -0.05) is 6.07 Å². The molecule has 2 aromatic heterocycles. The number of carbonyl (C=O) groups excluding carboxylic acids is 1. The van der Waals surface area contributed by atoms with Crippen LogP contribution in [0.1, 0.15) is 15.9 Å². The van der Waals surface area contributed by atoms with Crippen molar-refractivity contribution in [3.8, 4) is 11.5 Å². The van der Waals surface area contributed by atoms with Crippen LogP contribution in [0.4, 0.5) is 0 Å². The molecule has 2 N–H and O–H groups in total. The third kappa shape index (κ3) is 3.80. The first kappa shape index (κ1) is 17.0. The van der Waals surface area contributed by atoms with Crippen molar-refractivity contribution < 1.29 is 19.2 Å². The van der Waals surface area contributed by atoms with Gasteiger partial charge in [0.1, 0.15) is 11.5 Å². The standard InChI is InChI=1S/C19H21N3O3/c1-22(2)8-7-13-11-21-16-5-4-6-17(18(13)16)25-19(23)14-9-15(24-3)12-20-10-14/h4-6,9-12,21H,7-8H2,1-3H3/p+1. The molecule has 2 heterocycles. The van der Waals surface area contributed by atoms with Gasteiger partial charge in [-0.05, 0) is 23.8 Å². The van der Waals surface area contributed by atoms with E-state index in [4.69, 9.17) is 9.47 Å². The number of carbonyl (C=O) groups is 1. The fourth-order valence-corrected chi connectivity index (χ4v) is 2.69. The van der Waals surface area contributed by atoms with Gasteiger partial charge in [0.2, 0.25) is 0 Å². The highest BCUT2D eigenvalue weighted by Crippen LogP contribution is 2.29. The predicted octanol–water partition coefficient (Wildman–Crippen LogP) is 1.48. The Morgan fingerprint density at radius 3 is 2.88 bits per heavy atom. The zero-order chi connectivity index (χ0) is 17.8. The Morgan fingerprint density at radius 2 is 2.12 bits per heavy atom. The molecular weight excluding hydrogens is 318 g/mol. The monoisotopic (exact) mass is 340 g/mol. The topological polar surface area (TPSA) is 68.7 Å². The number of esters is 1. The molecule has 6 nitrogen and oxygen atoms in total. The van der Waals surface area contributed by atoms with Gasteiger partial charge in [0.15, 0.2) is 0 Å². The van der Waals surface area contributed by atoms with Gasteiger partial charge >= 0.3 is 5.97 Å². The van der Waals surface area contributed by atoms with Crippen LogP contribution in [-0.2, 0) is 6.42 Å². The maximum Gasteiger partial charge on any atom is 0.345 e. The molecule has 0 atom stereocenters. The Kier molecular flexibility index (Phi) is 5.00. The van der Waals surface area contributed by atoms with Crippen molar-refractivity contribution in [2.45, 2.75) is 6.42 Å². The van der Waals surface area contributed by atoms with Crippen LogP contribution in [-0.4, -0.2) is 43.7 Å². The highest BCUT2D eigenvalue weighted by atomic mass is 16.5. The second-order valence-electron chi connectivity index (χ2n) is 6.20. The van der Waals surface area contributed by atoms with Crippen LogP contribution >= 0.6 is 0 Å². The minimum atomic E-state index is -0.454. The number of fused-ring (bicyclic) bond motifs is 1. The number of hydrogen-bond acceptors (Lipinski definition) is 4. The predicted molar refractivity (Wildman–Crippen MR) is 95.4 cm³/mol. The Morgan fingerprint density at radius 1 is 1.28 bits per heavy atom. The molecule has 0 saturated heterocycles. The number of benzene rings is 1. The molecule has 0 saturated carbocycles. The van der Waals surface area contributed by atoms with Crippen molar-refractivity contribution >= 4 is 16.9 Å². The summed E-state index contributed by atoms with van der Waals surface area (Å²) in [6.07, 6.45) is 5.90. The maximum atomic E-state index is 12.5. The van der Waals surface area contributed by atoms with Crippen molar-refractivity contribution in [1.29, 1.82) is 0 Å². The lowest BCUT2D eigenvalue weighted by Gasteiger charge is -2.09. The first-order valence-electron chi connectivity index (χ1n) is 8.17. The smallest absolute Gasteiger partial charge is 0.345 e. The molecule has 0 aliphatic heterocycles. The van der Waals surface area contributed by atoms with E-state index in [1.807, 2.05) is 24.4 Å². The first-order valence-corrected chi connectivity index (χ1v) is 8.17. The Labute approximate surface area is 146 Å². The van der Waals surface area contributed by atoms with Gasteiger partial charge in [0, 0.05) is 29.7 Å². The van der Waals surface area contributed by atoms with Crippen LogP contribution < -0.4 is 14.4 Å². The van der Waals surface area contributed by atoms with Gasteiger partial charge in [-0.25, -0.2) is 4.79 Å². The van der Waals surface area contributed by atoms with Gasteiger partial charge in [0.25, 0.3) is 0 Å². The molecule has 25 heavy (non-hydrogen) atoms. The van der Waals surface area contributed by atoms with E-state index >= 15 is 0 Å². The summed E-state index contributed by atoms with van der Waals surface area (Å²) < 4.78 is 10.8. The number of pyridine rings is 1.